The molecule has 0 saturated carbocycles. The summed E-state index contributed by atoms with van der Waals surface area (Å²) in [6.45, 7) is 5.42. The van der Waals surface area contributed by atoms with Gasteiger partial charge in [0, 0.05) is 44.4 Å². The van der Waals surface area contributed by atoms with Crippen LogP contribution < -0.4 is 25.0 Å². The number of sulfonamides is 1. The molecule has 3 aromatic rings. The Morgan fingerprint density at radius 3 is 2.54 bits per heavy atom. The van der Waals surface area contributed by atoms with Crippen LogP contribution in [0, 0.1) is 6.92 Å². The molecule has 0 unspecified atom stereocenters. The summed E-state index contributed by atoms with van der Waals surface area (Å²) in [5, 5.41) is 6.22. The Labute approximate surface area is 206 Å². The Bertz CT molecular complexity index is 1300. The van der Waals surface area contributed by atoms with Gasteiger partial charge < -0.3 is 20.3 Å². The fourth-order valence-electron chi connectivity index (χ4n) is 4.02. The number of ether oxygens (including phenoxy) is 1. The van der Waals surface area contributed by atoms with Crippen LogP contribution in [0.15, 0.2) is 71.6 Å². The maximum Gasteiger partial charge on any atom is 0.262 e. The molecule has 1 aliphatic heterocycles. The van der Waals surface area contributed by atoms with E-state index in [1.165, 1.54) is 19.2 Å². The molecule has 0 radical (unpaired) electrons. The molecule has 1 saturated heterocycles. The Balaban J connectivity index is 1.62. The van der Waals surface area contributed by atoms with Gasteiger partial charge in [-0.15, -0.1) is 0 Å². The van der Waals surface area contributed by atoms with Crippen molar-refractivity contribution in [2.24, 2.45) is 0 Å². The molecule has 0 aliphatic carbocycles. The summed E-state index contributed by atoms with van der Waals surface area (Å²) in [6.07, 6.45) is 0. The van der Waals surface area contributed by atoms with Gasteiger partial charge in [-0.2, -0.15) is 0 Å². The highest BCUT2D eigenvalue weighted by Crippen LogP contribution is 2.30. The molecule has 184 valence electrons. The first-order valence-corrected chi connectivity index (χ1v) is 12.9. The summed E-state index contributed by atoms with van der Waals surface area (Å²) >= 11 is 0. The van der Waals surface area contributed by atoms with E-state index in [2.05, 4.69) is 20.3 Å². The first kappa shape index (κ1) is 24.6. The van der Waals surface area contributed by atoms with Crippen LogP contribution in [-0.2, 0) is 16.6 Å². The summed E-state index contributed by atoms with van der Waals surface area (Å²) in [5.41, 5.74) is 3.58. The molecule has 0 spiro atoms. The summed E-state index contributed by atoms with van der Waals surface area (Å²) in [7, 11) is -2.43. The summed E-state index contributed by atoms with van der Waals surface area (Å²) in [6, 6.07) is 19.3. The number of hydrogen-bond acceptors (Lipinski definition) is 6. The number of amides is 1. The predicted octanol–water partition coefficient (Wildman–Crippen LogP) is 3.14. The van der Waals surface area contributed by atoms with Gasteiger partial charge in [0.15, 0.2) is 0 Å². The number of rotatable bonds is 8. The van der Waals surface area contributed by atoms with Gasteiger partial charge in [0.2, 0.25) is 0 Å². The Kier molecular flexibility index (Phi) is 7.57. The van der Waals surface area contributed by atoms with Crippen molar-refractivity contribution in [2.45, 2.75) is 18.4 Å². The van der Waals surface area contributed by atoms with E-state index in [1.54, 1.807) is 30.3 Å². The lowest BCUT2D eigenvalue weighted by Gasteiger charge is -2.31. The lowest BCUT2D eigenvalue weighted by atomic mass is 10.1. The van der Waals surface area contributed by atoms with Crippen LogP contribution >= 0.6 is 0 Å². The molecular formula is C26H30N4O4S. The third-order valence-corrected chi connectivity index (χ3v) is 7.21. The quantitative estimate of drug-likeness (QED) is 0.445. The second kappa shape index (κ2) is 10.8. The van der Waals surface area contributed by atoms with Gasteiger partial charge in [-0.1, -0.05) is 35.9 Å². The third kappa shape index (κ3) is 6.12. The van der Waals surface area contributed by atoms with E-state index in [-0.39, 0.29) is 10.8 Å². The zero-order valence-electron chi connectivity index (χ0n) is 19.9. The van der Waals surface area contributed by atoms with Gasteiger partial charge in [0.05, 0.1) is 23.4 Å². The lowest BCUT2D eigenvalue weighted by molar-refractivity contribution is 0.0951. The van der Waals surface area contributed by atoms with Gasteiger partial charge in [-0.3, -0.25) is 9.52 Å². The Morgan fingerprint density at radius 1 is 1.03 bits per heavy atom. The number of hydrogen-bond donors (Lipinski definition) is 3. The number of carbonyl (C=O) groups excluding carboxylic acids is 1. The average molecular weight is 495 g/mol. The summed E-state index contributed by atoms with van der Waals surface area (Å²) in [5.74, 6) is 0.166. The smallest absolute Gasteiger partial charge is 0.262 e. The number of aryl methyl sites for hydroxylation is 1. The van der Waals surface area contributed by atoms with Gasteiger partial charge in [0.25, 0.3) is 15.9 Å². The number of nitrogens with one attached hydrogen (secondary N) is 3. The fraction of sp³-hybridized carbons (Fsp3) is 0.269. The topological polar surface area (TPSA) is 99.8 Å². The highest BCUT2D eigenvalue weighted by atomic mass is 32.2. The number of nitrogens with zero attached hydrogens (tertiary/aromatic N) is 1. The molecule has 1 fully saturated rings. The minimum Gasteiger partial charge on any atom is -0.497 e. The average Bonchev–Trinajstić information content (AvgIpc) is 2.87. The molecule has 1 aliphatic rings. The molecule has 1 heterocycles. The second-order valence-electron chi connectivity index (χ2n) is 8.43. The first-order valence-electron chi connectivity index (χ1n) is 11.5. The minimum atomic E-state index is -3.91. The molecule has 3 N–H and O–H groups in total. The Morgan fingerprint density at radius 2 is 1.80 bits per heavy atom. The molecule has 0 bridgehead atoms. The summed E-state index contributed by atoms with van der Waals surface area (Å²) < 4.78 is 34.3. The zero-order valence-corrected chi connectivity index (χ0v) is 20.7. The van der Waals surface area contributed by atoms with Crippen molar-refractivity contribution < 1.29 is 17.9 Å². The zero-order chi connectivity index (χ0) is 24.8. The predicted molar refractivity (Wildman–Crippen MR) is 138 cm³/mol. The fourth-order valence-corrected chi connectivity index (χ4v) is 5.12. The van der Waals surface area contributed by atoms with Crippen LogP contribution in [0.3, 0.4) is 0 Å². The molecular weight excluding hydrogens is 464 g/mol. The van der Waals surface area contributed by atoms with E-state index in [0.29, 0.717) is 23.5 Å². The molecule has 9 heteroatoms. The van der Waals surface area contributed by atoms with Crippen LogP contribution in [0.2, 0.25) is 0 Å². The van der Waals surface area contributed by atoms with Crippen LogP contribution in [0.25, 0.3) is 0 Å². The van der Waals surface area contributed by atoms with Crippen molar-refractivity contribution in [3.63, 3.8) is 0 Å². The largest absolute Gasteiger partial charge is 0.497 e. The van der Waals surface area contributed by atoms with Crippen LogP contribution in [-0.4, -0.2) is 47.6 Å². The molecule has 0 atom stereocenters. The van der Waals surface area contributed by atoms with E-state index < -0.39 is 10.0 Å². The highest BCUT2D eigenvalue weighted by molar-refractivity contribution is 7.92. The van der Waals surface area contributed by atoms with Crippen molar-refractivity contribution in [3.05, 3.63) is 83.4 Å². The minimum absolute atomic E-state index is 0.0809. The van der Waals surface area contributed by atoms with E-state index in [1.807, 2.05) is 31.2 Å². The standard InChI is InChI=1S/C26H30N4O4S/c1-19-5-3-6-20(15-19)18-28-26(31)21-9-10-25(30-13-11-27-12-14-30)24(16-21)29-35(32,33)23-8-4-7-22(17-23)34-2/h3-10,15-17,27,29H,11-14,18H2,1-2H3,(H,28,31). The van der Waals surface area contributed by atoms with Crippen molar-refractivity contribution in [2.75, 3.05) is 42.9 Å². The second-order valence-corrected chi connectivity index (χ2v) is 10.1. The van der Waals surface area contributed by atoms with E-state index in [9.17, 15) is 13.2 Å². The molecule has 4 rings (SSSR count). The Hall–Kier alpha value is -3.56. The maximum atomic E-state index is 13.2. The number of methoxy groups -OCH3 is 1. The monoisotopic (exact) mass is 494 g/mol. The molecule has 0 aromatic heterocycles. The number of anilines is 2. The third-order valence-electron chi connectivity index (χ3n) is 5.85. The molecule has 1 amide bonds. The normalized spacial score (nSPS) is 13.8. The number of piperazine rings is 1. The van der Waals surface area contributed by atoms with E-state index in [0.717, 1.165) is 43.0 Å². The molecule has 8 nitrogen and oxygen atoms in total. The van der Waals surface area contributed by atoms with Crippen LogP contribution in [0.5, 0.6) is 5.75 Å². The summed E-state index contributed by atoms with van der Waals surface area (Å²) in [4.78, 5) is 15.1. The van der Waals surface area contributed by atoms with Crippen LogP contribution in [0.4, 0.5) is 11.4 Å². The number of benzene rings is 3. The van der Waals surface area contributed by atoms with Crippen molar-refractivity contribution in [3.8, 4) is 5.75 Å². The lowest BCUT2D eigenvalue weighted by Crippen LogP contribution is -2.43. The van der Waals surface area contributed by atoms with Crippen molar-refractivity contribution in [1.29, 1.82) is 0 Å². The van der Waals surface area contributed by atoms with Crippen molar-refractivity contribution in [1.82, 2.24) is 10.6 Å². The van der Waals surface area contributed by atoms with Gasteiger partial charge in [0.1, 0.15) is 5.75 Å². The van der Waals surface area contributed by atoms with Crippen molar-refractivity contribution >= 4 is 27.3 Å². The first-order chi connectivity index (χ1) is 16.9. The maximum absolute atomic E-state index is 13.2. The van der Waals surface area contributed by atoms with Gasteiger partial charge in [-0.05, 0) is 42.8 Å². The van der Waals surface area contributed by atoms with Crippen LogP contribution in [0.1, 0.15) is 21.5 Å². The van der Waals surface area contributed by atoms with Gasteiger partial charge in [-0.25, -0.2) is 8.42 Å². The SMILES string of the molecule is COc1cccc(S(=O)(=O)Nc2cc(C(=O)NCc3cccc(C)c3)ccc2N2CCNCC2)c1. The van der Waals surface area contributed by atoms with E-state index in [4.69, 9.17) is 4.74 Å². The number of carbonyl (C=O) groups is 1. The molecule has 3 aromatic carbocycles. The molecule has 35 heavy (non-hydrogen) atoms. The van der Waals surface area contributed by atoms with E-state index >= 15 is 0 Å². The highest BCUT2D eigenvalue weighted by Gasteiger charge is 2.22. The van der Waals surface area contributed by atoms with Gasteiger partial charge >= 0.3 is 0 Å².